The van der Waals surface area contributed by atoms with Gasteiger partial charge in [-0.15, -0.1) is 0 Å². The highest BCUT2D eigenvalue weighted by Crippen LogP contribution is 2.14. The van der Waals surface area contributed by atoms with Crippen LogP contribution in [0, 0.1) is 0 Å². The van der Waals surface area contributed by atoms with E-state index in [-0.39, 0.29) is 19.1 Å². The number of aromatic nitrogens is 2. The van der Waals surface area contributed by atoms with Crippen LogP contribution in [0.5, 0.6) is 0 Å². The number of unbranched alkanes of at least 4 members (excludes halogenated alkanes) is 22. The molecule has 2 amide bonds. The Morgan fingerprint density at radius 3 is 1.63 bits per heavy atom. The van der Waals surface area contributed by atoms with Crippen molar-refractivity contribution in [3.05, 3.63) is 18.2 Å². The first-order chi connectivity index (χ1) is 26.1. The van der Waals surface area contributed by atoms with E-state index in [4.69, 9.17) is 14.2 Å². The summed E-state index contributed by atoms with van der Waals surface area (Å²) in [6.45, 7) is 11.6. The molecule has 11 nitrogen and oxygen atoms in total. The van der Waals surface area contributed by atoms with Gasteiger partial charge < -0.3 is 30.0 Å². The van der Waals surface area contributed by atoms with E-state index >= 15 is 0 Å². The fourth-order valence-corrected chi connectivity index (χ4v) is 6.40. The second-order valence-corrected chi connectivity index (χ2v) is 16.0. The number of hydrogen-bond donors (Lipinski definition) is 3. The van der Waals surface area contributed by atoms with E-state index in [1.807, 2.05) is 0 Å². The molecule has 0 aliphatic carbocycles. The van der Waals surface area contributed by atoms with Crippen molar-refractivity contribution in [1.29, 1.82) is 0 Å². The first-order valence-electron chi connectivity index (χ1n) is 21.8. The Balaban J connectivity index is 2.57. The van der Waals surface area contributed by atoms with E-state index in [1.54, 1.807) is 20.8 Å². The molecule has 314 valence electrons. The number of hydrogen-bond acceptors (Lipinski definition) is 7. The zero-order valence-corrected chi connectivity index (χ0v) is 35.1. The Labute approximate surface area is 328 Å². The monoisotopic (exact) mass is 765 g/mol. The Morgan fingerprint density at radius 2 is 1.19 bits per heavy atom. The van der Waals surface area contributed by atoms with Gasteiger partial charge in [-0.25, -0.2) is 19.1 Å². The minimum atomic E-state index is -1.19. The number of nitrogens with zero attached hydrogens (tertiary/aromatic N) is 2. The SMILES string of the molecule is CCCCCCCCCCCCCCOCC(CNC(=O)[C@H](Cc1cn(C(=O)O)cn1)NC(=O)OC(C)(C)C)OCCCCCCCCCCCCCC. The number of alkyl carbamates (subject to hydrolysis) is 1. The maximum atomic E-state index is 13.5. The number of ether oxygens (including phenoxy) is 3. The topological polar surface area (TPSA) is 141 Å². The first-order valence-corrected chi connectivity index (χ1v) is 21.8. The standard InChI is InChI=1S/C43H80N4O7/c1-6-8-10-12-14-16-18-20-22-24-26-28-30-52-35-38(53-31-29-27-25-23-21-19-17-15-13-11-9-7-2)33-44-40(48)39(46-41(49)54-43(3,4)5)32-37-34-47(36-45-37)42(50)51/h34,36,38-39H,6-33,35H2,1-5H3,(H,44,48)(H,46,49)(H,50,51)/t38?,39-/m0/s1. The zero-order valence-electron chi connectivity index (χ0n) is 35.1. The Kier molecular flexibility index (Phi) is 29.8. The molecule has 1 rings (SSSR count). The van der Waals surface area contributed by atoms with Gasteiger partial charge in [-0.1, -0.05) is 155 Å². The molecule has 0 saturated carbocycles. The smallest absolute Gasteiger partial charge is 0.416 e. The molecule has 54 heavy (non-hydrogen) atoms. The lowest BCUT2D eigenvalue weighted by Gasteiger charge is -2.24. The van der Waals surface area contributed by atoms with Gasteiger partial charge >= 0.3 is 12.2 Å². The Hall–Kier alpha value is -2.66. The molecule has 1 heterocycles. The lowest BCUT2D eigenvalue weighted by molar-refractivity contribution is -0.124. The van der Waals surface area contributed by atoms with E-state index in [1.165, 1.54) is 135 Å². The Bertz CT molecular complexity index is 1070. The molecule has 11 heteroatoms. The van der Waals surface area contributed by atoms with Crippen LogP contribution in [-0.2, 0) is 25.4 Å². The summed E-state index contributed by atoms with van der Waals surface area (Å²) < 4.78 is 18.6. The molecule has 0 bridgehead atoms. The number of carboxylic acid groups (broad SMARTS) is 1. The predicted molar refractivity (Wildman–Crippen MR) is 218 cm³/mol. The molecule has 0 radical (unpaired) electrons. The van der Waals surface area contributed by atoms with E-state index < -0.39 is 29.7 Å². The van der Waals surface area contributed by atoms with Gasteiger partial charge in [0.05, 0.1) is 18.4 Å². The predicted octanol–water partition coefficient (Wildman–Crippen LogP) is 10.8. The van der Waals surface area contributed by atoms with Crippen LogP contribution >= 0.6 is 0 Å². The number of carbonyl (C=O) groups is 3. The van der Waals surface area contributed by atoms with Gasteiger partial charge in [-0.3, -0.25) is 4.79 Å². The average molecular weight is 765 g/mol. The quantitative estimate of drug-likeness (QED) is 0.0580. The van der Waals surface area contributed by atoms with Gasteiger partial charge in [-0.2, -0.15) is 0 Å². The second kappa shape index (κ2) is 32.6. The third-order valence-corrected chi connectivity index (χ3v) is 9.58. The van der Waals surface area contributed by atoms with Crippen molar-refractivity contribution < 1.29 is 33.7 Å². The highest BCUT2D eigenvalue weighted by molar-refractivity contribution is 5.86. The summed E-state index contributed by atoms with van der Waals surface area (Å²) in [7, 11) is 0. The summed E-state index contributed by atoms with van der Waals surface area (Å²) in [4.78, 5) is 41.6. The number of nitrogens with one attached hydrogen (secondary N) is 2. The largest absolute Gasteiger partial charge is 0.464 e. The van der Waals surface area contributed by atoms with E-state index in [9.17, 15) is 19.5 Å². The summed E-state index contributed by atoms with van der Waals surface area (Å²) in [5.41, 5.74) is -0.410. The lowest BCUT2D eigenvalue weighted by atomic mass is 10.1. The van der Waals surface area contributed by atoms with Gasteiger partial charge in [0.1, 0.15) is 18.0 Å². The van der Waals surface area contributed by atoms with Crippen LogP contribution in [0.3, 0.4) is 0 Å². The number of amides is 2. The molecule has 0 fully saturated rings. The normalized spacial score (nSPS) is 12.8. The van der Waals surface area contributed by atoms with E-state index in [2.05, 4.69) is 29.5 Å². The van der Waals surface area contributed by atoms with Crippen LogP contribution in [0.1, 0.15) is 194 Å². The number of rotatable bonds is 35. The molecule has 0 aliphatic heterocycles. The van der Waals surface area contributed by atoms with Gasteiger partial charge in [0.2, 0.25) is 5.91 Å². The summed E-state index contributed by atoms with van der Waals surface area (Å²) in [5, 5.41) is 14.8. The molecule has 0 saturated heterocycles. The molecular weight excluding hydrogens is 684 g/mol. The third-order valence-electron chi connectivity index (χ3n) is 9.58. The molecule has 1 unspecified atom stereocenters. The lowest BCUT2D eigenvalue weighted by Crippen LogP contribution is -2.51. The maximum Gasteiger partial charge on any atom is 0.416 e. The Morgan fingerprint density at radius 1 is 0.722 bits per heavy atom. The van der Waals surface area contributed by atoms with Crippen LogP contribution in [0.2, 0.25) is 0 Å². The van der Waals surface area contributed by atoms with Crippen LogP contribution in [0.4, 0.5) is 9.59 Å². The van der Waals surface area contributed by atoms with Crippen molar-refractivity contribution in [2.75, 3.05) is 26.4 Å². The van der Waals surface area contributed by atoms with Crippen LogP contribution in [0.25, 0.3) is 0 Å². The van der Waals surface area contributed by atoms with Gasteiger partial charge in [-0.05, 0) is 33.6 Å². The second-order valence-electron chi connectivity index (χ2n) is 16.0. The molecule has 0 aliphatic rings. The van der Waals surface area contributed by atoms with E-state index in [0.717, 1.165) is 36.6 Å². The maximum absolute atomic E-state index is 13.5. The van der Waals surface area contributed by atoms with Gasteiger partial charge in [0.25, 0.3) is 0 Å². The molecule has 0 aromatic carbocycles. The number of imidazole rings is 1. The van der Waals surface area contributed by atoms with E-state index in [0.29, 0.717) is 25.5 Å². The molecule has 1 aromatic heterocycles. The fourth-order valence-electron chi connectivity index (χ4n) is 6.40. The van der Waals surface area contributed by atoms with Gasteiger partial charge in [0, 0.05) is 32.4 Å². The number of carbonyl (C=O) groups excluding carboxylic acids is 2. The van der Waals surface area contributed by atoms with Crippen molar-refractivity contribution in [2.45, 2.75) is 213 Å². The minimum absolute atomic E-state index is 0.00873. The summed E-state index contributed by atoms with van der Waals surface area (Å²) in [6.07, 6.45) is 30.9. The highest BCUT2D eigenvalue weighted by atomic mass is 16.6. The van der Waals surface area contributed by atoms with Crippen LogP contribution < -0.4 is 10.6 Å². The van der Waals surface area contributed by atoms with Crippen molar-refractivity contribution in [1.82, 2.24) is 20.2 Å². The molecule has 3 N–H and O–H groups in total. The summed E-state index contributed by atoms with van der Waals surface area (Å²) in [6, 6.07) is -1.03. The fraction of sp³-hybridized carbons (Fsp3) is 0.860. The highest BCUT2D eigenvalue weighted by Gasteiger charge is 2.26. The minimum Gasteiger partial charge on any atom is -0.464 e. The van der Waals surface area contributed by atoms with Crippen LogP contribution in [-0.4, -0.2) is 76.9 Å². The zero-order chi connectivity index (χ0) is 39.7. The average Bonchev–Trinajstić information content (AvgIpc) is 3.60. The molecule has 2 atom stereocenters. The van der Waals surface area contributed by atoms with Gasteiger partial charge in [0.15, 0.2) is 0 Å². The summed E-state index contributed by atoms with van der Waals surface area (Å²) >= 11 is 0. The first kappa shape index (κ1) is 49.4. The van der Waals surface area contributed by atoms with Crippen molar-refractivity contribution in [3.63, 3.8) is 0 Å². The van der Waals surface area contributed by atoms with Crippen LogP contribution in [0.15, 0.2) is 12.5 Å². The van der Waals surface area contributed by atoms with Crippen molar-refractivity contribution in [2.24, 2.45) is 0 Å². The van der Waals surface area contributed by atoms with Crippen molar-refractivity contribution >= 4 is 18.1 Å². The van der Waals surface area contributed by atoms with Crippen molar-refractivity contribution in [3.8, 4) is 0 Å². The summed E-state index contributed by atoms with van der Waals surface area (Å²) in [5.74, 6) is -0.439. The third kappa shape index (κ3) is 28.7. The molecular formula is C43H80N4O7. The molecule has 1 aromatic rings. The molecule has 0 spiro atoms.